The van der Waals surface area contributed by atoms with E-state index >= 15 is 0 Å². The zero-order chi connectivity index (χ0) is 38.9. The van der Waals surface area contributed by atoms with Gasteiger partial charge < -0.3 is 47.4 Å². The molecule has 0 saturated carbocycles. The summed E-state index contributed by atoms with van der Waals surface area (Å²) in [5.41, 5.74) is 12.2. The van der Waals surface area contributed by atoms with Gasteiger partial charge in [0.15, 0.2) is 5.96 Å². The van der Waals surface area contributed by atoms with Crippen LogP contribution in [0.4, 0.5) is 0 Å². The number of aromatic hydroxyl groups is 1. The number of guanidine groups is 1. The van der Waals surface area contributed by atoms with Crippen molar-refractivity contribution < 1.29 is 39.0 Å². The SMILES string of the molecule is CN1C(=O)[C@H](CCCN=C(N)N)NC(=O)[C@@H](Cc2ccc(O)cc2)NC(=O)[C@@H]2CCCN2C(=O)[C@H](Cc2ccc3ccccc3c2)NC(=O)[C@@H]1CC(=O)O. The van der Waals surface area contributed by atoms with Crippen molar-refractivity contribution in [3.05, 3.63) is 77.9 Å². The lowest BCUT2D eigenvalue weighted by Gasteiger charge is -2.32. The summed E-state index contributed by atoms with van der Waals surface area (Å²) in [6.07, 6.45) is 0.156. The van der Waals surface area contributed by atoms with E-state index in [1.54, 1.807) is 12.1 Å². The number of hydrogen-bond acceptors (Lipinski definition) is 8. The van der Waals surface area contributed by atoms with Crippen molar-refractivity contribution in [1.29, 1.82) is 0 Å². The first-order valence-electron chi connectivity index (χ1n) is 17.8. The van der Waals surface area contributed by atoms with Crippen molar-refractivity contribution in [1.82, 2.24) is 25.8 Å². The van der Waals surface area contributed by atoms with Crippen LogP contribution >= 0.6 is 0 Å². The number of rotatable bonds is 10. The molecule has 9 N–H and O–H groups in total. The van der Waals surface area contributed by atoms with Crippen molar-refractivity contribution in [2.45, 2.75) is 75.2 Å². The molecule has 3 aromatic rings. The fourth-order valence-electron chi connectivity index (χ4n) is 6.92. The van der Waals surface area contributed by atoms with Crippen LogP contribution in [-0.4, -0.2) is 112 Å². The Morgan fingerprint density at radius 2 is 1.46 bits per heavy atom. The summed E-state index contributed by atoms with van der Waals surface area (Å²) < 4.78 is 0. The zero-order valence-electron chi connectivity index (χ0n) is 29.9. The highest BCUT2D eigenvalue weighted by atomic mass is 16.4. The number of nitrogens with two attached hydrogens (primary N) is 2. The molecule has 0 spiro atoms. The van der Waals surface area contributed by atoms with Crippen LogP contribution in [0.3, 0.4) is 0 Å². The van der Waals surface area contributed by atoms with Gasteiger partial charge in [-0.2, -0.15) is 0 Å². The van der Waals surface area contributed by atoms with Crippen LogP contribution in [0.2, 0.25) is 0 Å². The number of carbonyl (C=O) groups excluding carboxylic acids is 5. The van der Waals surface area contributed by atoms with Crippen LogP contribution in [0.5, 0.6) is 5.75 Å². The lowest BCUT2D eigenvalue weighted by atomic mass is 9.99. The van der Waals surface area contributed by atoms with Crippen molar-refractivity contribution in [2.24, 2.45) is 16.5 Å². The van der Waals surface area contributed by atoms with E-state index in [9.17, 15) is 39.0 Å². The Labute approximate surface area is 311 Å². The maximum atomic E-state index is 14.4. The molecule has 5 atom stereocenters. The highest BCUT2D eigenvalue weighted by Crippen LogP contribution is 2.23. The first kappa shape index (κ1) is 39.0. The minimum absolute atomic E-state index is 0.00112. The number of hydrogen-bond donors (Lipinski definition) is 7. The monoisotopic (exact) mass is 742 g/mol. The topological polar surface area (TPSA) is 250 Å². The molecule has 5 amide bonds. The number of carbonyl (C=O) groups is 6. The molecule has 0 unspecified atom stereocenters. The number of likely N-dealkylation sites (N-methyl/N-ethyl adjacent to an activating group) is 1. The Bertz CT molecular complexity index is 1910. The number of amides is 5. The molecule has 3 aromatic carbocycles. The van der Waals surface area contributed by atoms with Crippen LogP contribution in [0.15, 0.2) is 71.7 Å². The molecule has 54 heavy (non-hydrogen) atoms. The third-order valence-corrected chi connectivity index (χ3v) is 9.76. The third kappa shape index (κ3) is 9.81. The van der Waals surface area contributed by atoms with E-state index in [0.29, 0.717) is 17.5 Å². The number of fused-ring (bicyclic) bond motifs is 2. The molecular weight excluding hydrogens is 696 g/mol. The molecule has 16 heteroatoms. The summed E-state index contributed by atoms with van der Waals surface area (Å²) in [6.45, 7) is 0.305. The summed E-state index contributed by atoms with van der Waals surface area (Å²) in [7, 11) is 1.26. The molecule has 2 heterocycles. The second kappa shape index (κ2) is 17.6. The second-order valence-corrected chi connectivity index (χ2v) is 13.6. The van der Waals surface area contributed by atoms with Gasteiger partial charge in [0.25, 0.3) is 0 Å². The lowest BCUT2D eigenvalue weighted by molar-refractivity contribution is -0.148. The molecule has 5 rings (SSSR count). The minimum atomic E-state index is -1.58. The van der Waals surface area contributed by atoms with Crippen LogP contribution in [-0.2, 0) is 41.6 Å². The Kier molecular flexibility index (Phi) is 12.7. The molecule has 16 nitrogen and oxygen atoms in total. The van der Waals surface area contributed by atoms with Gasteiger partial charge >= 0.3 is 5.97 Å². The number of benzene rings is 3. The zero-order valence-corrected chi connectivity index (χ0v) is 29.9. The molecule has 286 valence electrons. The lowest BCUT2D eigenvalue weighted by Crippen LogP contribution is -2.58. The fraction of sp³-hybridized carbons (Fsp3) is 0.395. The highest BCUT2D eigenvalue weighted by molar-refractivity contribution is 5.99. The van der Waals surface area contributed by atoms with Gasteiger partial charge in [0.1, 0.15) is 36.0 Å². The Hall–Kier alpha value is -6.19. The fourth-order valence-corrected chi connectivity index (χ4v) is 6.92. The summed E-state index contributed by atoms with van der Waals surface area (Å²) in [6, 6.07) is 13.0. The Morgan fingerprint density at radius 3 is 2.17 bits per heavy atom. The number of carboxylic acids is 1. The molecular formula is C38H46N8O8. The average Bonchev–Trinajstić information content (AvgIpc) is 3.64. The van der Waals surface area contributed by atoms with Gasteiger partial charge in [0.2, 0.25) is 29.5 Å². The van der Waals surface area contributed by atoms with Gasteiger partial charge in [-0.25, -0.2) is 0 Å². The van der Waals surface area contributed by atoms with Crippen LogP contribution in [0, 0.1) is 0 Å². The summed E-state index contributed by atoms with van der Waals surface area (Å²) in [5.74, 6) is -5.11. The van der Waals surface area contributed by atoms with E-state index < -0.39 is 72.1 Å². The van der Waals surface area contributed by atoms with Gasteiger partial charge in [-0.15, -0.1) is 0 Å². The molecule has 0 radical (unpaired) electrons. The molecule has 2 saturated heterocycles. The average molecular weight is 743 g/mol. The van der Waals surface area contributed by atoms with Crippen LogP contribution in [0.1, 0.15) is 43.2 Å². The van der Waals surface area contributed by atoms with Gasteiger partial charge in [-0.05, 0) is 59.7 Å². The van der Waals surface area contributed by atoms with E-state index in [-0.39, 0.29) is 56.9 Å². The quantitative estimate of drug-likeness (QED) is 0.0841. The van der Waals surface area contributed by atoms with Crippen LogP contribution in [0.25, 0.3) is 10.8 Å². The number of phenolic OH excluding ortho intramolecular Hbond substituents is 1. The van der Waals surface area contributed by atoms with Crippen molar-refractivity contribution in [3.63, 3.8) is 0 Å². The number of carboxylic acid groups (broad SMARTS) is 1. The standard InChI is InChI=1S/C38H46N8O8/c1-45-31(21-32(48)49)35(52)44-29(20-23-10-13-24-6-2-3-7-25(24)18-23)37(54)46-17-5-9-30(46)34(51)43-28(19-22-11-14-26(47)15-12-22)33(50)42-27(36(45)53)8-4-16-41-38(39)40/h2-3,6-7,10-15,18,27-31,47H,4-5,8-9,16-17,19-21H2,1H3,(H,42,50)(H,43,51)(H,44,52)(H,48,49)(H4,39,40,41)/t27-,28+,29-,30-,31-/m0/s1. The van der Waals surface area contributed by atoms with Gasteiger partial charge in [0.05, 0.1) is 6.42 Å². The summed E-state index contributed by atoms with van der Waals surface area (Å²) in [5, 5.41) is 29.8. The molecule has 0 aliphatic carbocycles. The number of nitrogens with zero attached hydrogens (tertiary/aromatic N) is 3. The van der Waals surface area contributed by atoms with Gasteiger partial charge in [-0.3, -0.25) is 33.8 Å². The van der Waals surface area contributed by atoms with E-state index in [0.717, 1.165) is 15.7 Å². The second-order valence-electron chi connectivity index (χ2n) is 13.6. The van der Waals surface area contributed by atoms with Crippen LogP contribution < -0.4 is 27.4 Å². The number of aliphatic carboxylic acids is 1. The van der Waals surface area contributed by atoms with E-state index in [1.165, 1.54) is 24.1 Å². The maximum Gasteiger partial charge on any atom is 0.305 e. The first-order valence-corrected chi connectivity index (χ1v) is 17.8. The minimum Gasteiger partial charge on any atom is -0.508 e. The number of aliphatic imine (C=N–C) groups is 1. The van der Waals surface area contributed by atoms with Crippen molar-refractivity contribution >= 4 is 52.2 Å². The third-order valence-electron chi connectivity index (χ3n) is 9.76. The predicted octanol–water partition coefficient (Wildman–Crippen LogP) is 0.145. The largest absolute Gasteiger partial charge is 0.508 e. The van der Waals surface area contributed by atoms with Crippen molar-refractivity contribution in [3.8, 4) is 5.75 Å². The maximum absolute atomic E-state index is 14.4. The van der Waals surface area contributed by atoms with E-state index in [1.807, 2.05) is 42.5 Å². The molecule has 2 aliphatic rings. The van der Waals surface area contributed by atoms with Gasteiger partial charge in [0, 0.05) is 33.0 Å². The smallest absolute Gasteiger partial charge is 0.305 e. The molecule has 0 aromatic heterocycles. The van der Waals surface area contributed by atoms with Gasteiger partial charge in [-0.1, -0.05) is 54.6 Å². The Morgan fingerprint density at radius 1 is 0.815 bits per heavy atom. The molecule has 2 fully saturated rings. The van der Waals surface area contributed by atoms with E-state index in [2.05, 4.69) is 20.9 Å². The highest BCUT2D eigenvalue weighted by Gasteiger charge is 2.42. The van der Waals surface area contributed by atoms with E-state index in [4.69, 9.17) is 11.5 Å². The molecule has 2 aliphatic heterocycles. The predicted molar refractivity (Wildman–Crippen MR) is 199 cm³/mol. The van der Waals surface area contributed by atoms with Crippen molar-refractivity contribution in [2.75, 3.05) is 20.1 Å². The summed E-state index contributed by atoms with van der Waals surface area (Å²) in [4.78, 5) is 89.1. The molecule has 0 bridgehead atoms. The number of nitrogens with one attached hydrogen (secondary N) is 3. The Balaban J connectivity index is 1.55. The first-order chi connectivity index (χ1) is 25.8. The normalized spacial score (nSPS) is 22.8. The number of phenols is 1. The summed E-state index contributed by atoms with van der Waals surface area (Å²) >= 11 is 0.